The van der Waals surface area contributed by atoms with E-state index in [9.17, 15) is 0 Å². The van der Waals surface area contributed by atoms with Gasteiger partial charge in [0.15, 0.2) is 0 Å². The summed E-state index contributed by atoms with van der Waals surface area (Å²) in [5.74, 6) is 0.816. The molecule has 2 heterocycles. The number of pyridine rings is 1. The first-order valence-corrected chi connectivity index (χ1v) is 7.81. The molecule has 21 heavy (non-hydrogen) atoms. The Kier molecular flexibility index (Phi) is 3.16. The summed E-state index contributed by atoms with van der Waals surface area (Å²) in [4.78, 5) is 4.25. The number of allylic oxidation sites excluding steroid dienone is 2. The minimum Gasteiger partial charge on any atom is -0.378 e. The van der Waals surface area contributed by atoms with Crippen molar-refractivity contribution in [3.63, 3.8) is 0 Å². The molecule has 0 amide bonds. The summed E-state index contributed by atoms with van der Waals surface area (Å²) >= 11 is 12.6. The highest BCUT2D eigenvalue weighted by Crippen LogP contribution is 2.52. The largest absolute Gasteiger partial charge is 0.378 e. The molecule has 0 spiro atoms. The van der Waals surface area contributed by atoms with Crippen LogP contribution in [-0.2, 0) is 0 Å². The Morgan fingerprint density at radius 1 is 1.24 bits per heavy atom. The number of benzene rings is 1. The van der Waals surface area contributed by atoms with Gasteiger partial charge in [0.2, 0.25) is 0 Å². The maximum Gasteiger partial charge on any atom is 0.0569 e. The van der Waals surface area contributed by atoms with Gasteiger partial charge in [-0.3, -0.25) is 4.98 Å². The Morgan fingerprint density at radius 3 is 2.95 bits per heavy atom. The number of hydrogen-bond donors (Lipinski definition) is 1. The van der Waals surface area contributed by atoms with E-state index in [2.05, 4.69) is 28.5 Å². The summed E-state index contributed by atoms with van der Waals surface area (Å²) < 4.78 is 0. The molecule has 0 saturated heterocycles. The van der Waals surface area contributed by atoms with Gasteiger partial charge in [0.1, 0.15) is 0 Å². The van der Waals surface area contributed by atoms with Crippen molar-refractivity contribution in [2.75, 3.05) is 5.32 Å². The number of nitrogens with one attached hydrogen (secondary N) is 1. The van der Waals surface area contributed by atoms with Crippen LogP contribution in [0.1, 0.15) is 29.5 Å². The molecule has 1 aliphatic heterocycles. The van der Waals surface area contributed by atoms with Crippen molar-refractivity contribution >= 4 is 28.9 Å². The van der Waals surface area contributed by atoms with Crippen LogP contribution in [0.3, 0.4) is 0 Å². The molecule has 4 heteroatoms. The summed E-state index contributed by atoms with van der Waals surface area (Å²) in [6.45, 7) is 0. The van der Waals surface area contributed by atoms with Gasteiger partial charge in [0.25, 0.3) is 0 Å². The van der Waals surface area contributed by atoms with Gasteiger partial charge < -0.3 is 5.32 Å². The molecule has 0 saturated carbocycles. The van der Waals surface area contributed by atoms with Crippen LogP contribution in [0.5, 0.6) is 0 Å². The topological polar surface area (TPSA) is 24.9 Å². The molecule has 2 aromatic rings. The summed E-state index contributed by atoms with van der Waals surface area (Å²) in [6, 6.07) is 8.14. The lowest BCUT2D eigenvalue weighted by Gasteiger charge is -2.37. The Hall–Kier alpha value is -1.51. The fourth-order valence-electron chi connectivity index (χ4n) is 3.53. The van der Waals surface area contributed by atoms with Crippen molar-refractivity contribution in [2.45, 2.75) is 18.4 Å². The molecule has 0 radical (unpaired) electrons. The zero-order chi connectivity index (χ0) is 14.4. The van der Waals surface area contributed by atoms with E-state index in [1.165, 1.54) is 11.1 Å². The first-order chi connectivity index (χ1) is 10.2. The number of anilines is 1. The van der Waals surface area contributed by atoms with Gasteiger partial charge in [0.05, 0.1) is 6.04 Å². The van der Waals surface area contributed by atoms with Gasteiger partial charge in [-0.05, 0) is 36.1 Å². The van der Waals surface area contributed by atoms with E-state index in [4.69, 9.17) is 23.2 Å². The number of nitrogens with zero attached hydrogens (tertiary/aromatic N) is 1. The fourth-order valence-corrected chi connectivity index (χ4v) is 4.15. The van der Waals surface area contributed by atoms with Crippen LogP contribution in [0.2, 0.25) is 10.0 Å². The minimum absolute atomic E-state index is 0.237. The molecule has 0 unspecified atom stereocenters. The molecule has 1 aromatic heterocycles. The molecule has 1 N–H and O–H groups in total. The van der Waals surface area contributed by atoms with Crippen molar-refractivity contribution in [3.05, 3.63) is 70.0 Å². The average molecular weight is 317 g/mol. The number of aromatic nitrogens is 1. The van der Waals surface area contributed by atoms with Crippen LogP contribution < -0.4 is 5.32 Å². The summed E-state index contributed by atoms with van der Waals surface area (Å²) in [7, 11) is 0. The Balaban J connectivity index is 1.84. The van der Waals surface area contributed by atoms with E-state index in [0.29, 0.717) is 16.9 Å². The van der Waals surface area contributed by atoms with Crippen LogP contribution in [0.4, 0.5) is 5.69 Å². The molecule has 3 atom stereocenters. The maximum absolute atomic E-state index is 6.44. The highest BCUT2D eigenvalue weighted by molar-refractivity contribution is 6.35. The third-order valence-corrected chi connectivity index (χ3v) is 4.95. The van der Waals surface area contributed by atoms with Crippen LogP contribution in [0, 0.1) is 5.92 Å². The molecule has 2 aliphatic rings. The highest BCUT2D eigenvalue weighted by atomic mass is 35.5. The first kappa shape index (κ1) is 13.2. The van der Waals surface area contributed by atoms with Crippen LogP contribution >= 0.6 is 23.2 Å². The van der Waals surface area contributed by atoms with E-state index in [1.54, 1.807) is 6.20 Å². The second-order valence-corrected chi connectivity index (χ2v) is 6.45. The van der Waals surface area contributed by atoms with Gasteiger partial charge in [0, 0.05) is 39.6 Å². The van der Waals surface area contributed by atoms with Crippen LogP contribution in [0.25, 0.3) is 0 Å². The third-order valence-electron chi connectivity index (χ3n) is 4.42. The average Bonchev–Trinajstić information content (AvgIpc) is 2.95. The standard InChI is InChI=1S/C17H14Cl2N2/c18-11-7-14(19)16-12-4-1-5-13(12)17(21-15(16)8-11)10-3-2-6-20-9-10/h1-4,6-9,12-13,17,21H,5H2/t12-,13+,17-/m0/s1. The highest BCUT2D eigenvalue weighted by Gasteiger charge is 2.39. The molecule has 2 nitrogen and oxygen atoms in total. The predicted octanol–water partition coefficient (Wildman–Crippen LogP) is 5.21. The normalized spacial score (nSPS) is 26.1. The number of halogens is 2. The van der Waals surface area contributed by atoms with E-state index >= 15 is 0 Å². The maximum atomic E-state index is 6.44. The second kappa shape index (κ2) is 5.04. The molecular weight excluding hydrogens is 303 g/mol. The summed E-state index contributed by atoms with van der Waals surface area (Å²) in [5, 5.41) is 5.03. The predicted molar refractivity (Wildman–Crippen MR) is 87.1 cm³/mol. The monoisotopic (exact) mass is 316 g/mol. The van der Waals surface area contributed by atoms with Gasteiger partial charge >= 0.3 is 0 Å². The van der Waals surface area contributed by atoms with Crippen molar-refractivity contribution in [3.8, 4) is 0 Å². The van der Waals surface area contributed by atoms with E-state index < -0.39 is 0 Å². The zero-order valence-electron chi connectivity index (χ0n) is 11.3. The minimum atomic E-state index is 0.237. The smallest absolute Gasteiger partial charge is 0.0569 e. The quantitative estimate of drug-likeness (QED) is 0.730. The summed E-state index contributed by atoms with van der Waals surface area (Å²) in [6.07, 6.45) is 9.31. The Bertz CT molecular complexity index is 712. The second-order valence-electron chi connectivity index (χ2n) is 5.61. The molecular formula is C17H14Cl2N2. The van der Waals surface area contributed by atoms with Crippen molar-refractivity contribution in [2.24, 2.45) is 5.92 Å². The lowest BCUT2D eigenvalue weighted by Crippen LogP contribution is -2.29. The van der Waals surface area contributed by atoms with Crippen LogP contribution in [0.15, 0.2) is 48.8 Å². The lowest BCUT2D eigenvalue weighted by atomic mass is 9.77. The molecule has 106 valence electrons. The molecule has 1 aliphatic carbocycles. The molecule has 1 aromatic carbocycles. The molecule has 4 rings (SSSR count). The van der Waals surface area contributed by atoms with Gasteiger partial charge in [-0.2, -0.15) is 0 Å². The third kappa shape index (κ3) is 2.14. The lowest BCUT2D eigenvalue weighted by molar-refractivity contribution is 0.425. The number of fused-ring (bicyclic) bond motifs is 3. The molecule has 0 fully saturated rings. The van der Waals surface area contributed by atoms with Gasteiger partial charge in [-0.1, -0.05) is 41.4 Å². The fraction of sp³-hybridized carbons (Fsp3) is 0.235. The van der Waals surface area contributed by atoms with E-state index in [0.717, 1.165) is 17.1 Å². The van der Waals surface area contributed by atoms with E-state index in [1.807, 2.05) is 24.4 Å². The first-order valence-electron chi connectivity index (χ1n) is 7.06. The number of hydrogen-bond acceptors (Lipinski definition) is 2. The van der Waals surface area contributed by atoms with E-state index in [-0.39, 0.29) is 6.04 Å². The Morgan fingerprint density at radius 2 is 2.14 bits per heavy atom. The number of rotatable bonds is 1. The Labute approximate surface area is 133 Å². The summed E-state index contributed by atoms with van der Waals surface area (Å²) in [5.41, 5.74) is 3.41. The van der Waals surface area contributed by atoms with Gasteiger partial charge in [-0.25, -0.2) is 0 Å². The molecule has 0 bridgehead atoms. The van der Waals surface area contributed by atoms with Crippen molar-refractivity contribution in [1.29, 1.82) is 0 Å². The van der Waals surface area contributed by atoms with Crippen LogP contribution in [-0.4, -0.2) is 4.98 Å². The van der Waals surface area contributed by atoms with Crippen molar-refractivity contribution < 1.29 is 0 Å². The zero-order valence-corrected chi connectivity index (χ0v) is 12.8. The SMILES string of the molecule is Clc1cc(Cl)c2c(c1)N[C@@H](c1cccnc1)[C@@H]1CC=C[C@H]21. The van der Waals surface area contributed by atoms with Gasteiger partial charge in [-0.15, -0.1) is 0 Å². The van der Waals surface area contributed by atoms with Crippen molar-refractivity contribution in [1.82, 2.24) is 4.98 Å².